The molecule has 0 bridgehead atoms. The first kappa shape index (κ1) is 21.7. The van der Waals surface area contributed by atoms with E-state index < -0.39 is 17.6 Å². The SMILES string of the molecule is Cn1cc(-c2ccc3nnc(C(NC(=O)C4CCNCC4)C4(C(F)(F)F)CC4)cc3c2)nn1. The van der Waals surface area contributed by atoms with E-state index in [1.54, 1.807) is 36.1 Å². The van der Waals surface area contributed by atoms with Crippen LogP contribution in [0, 0.1) is 11.3 Å². The molecule has 33 heavy (non-hydrogen) atoms. The molecule has 1 saturated carbocycles. The molecule has 2 aliphatic rings. The summed E-state index contributed by atoms with van der Waals surface area (Å²) in [4.78, 5) is 12.9. The lowest BCUT2D eigenvalue weighted by atomic mass is 9.90. The lowest BCUT2D eigenvalue weighted by Gasteiger charge is -2.31. The average Bonchev–Trinajstić information content (AvgIpc) is 3.52. The minimum atomic E-state index is -4.46. The summed E-state index contributed by atoms with van der Waals surface area (Å²) in [7, 11) is 1.75. The van der Waals surface area contributed by atoms with Crippen molar-refractivity contribution in [2.75, 3.05) is 13.1 Å². The van der Waals surface area contributed by atoms with Crippen molar-refractivity contribution in [2.24, 2.45) is 18.4 Å². The van der Waals surface area contributed by atoms with Gasteiger partial charge in [-0.3, -0.25) is 9.48 Å². The largest absolute Gasteiger partial charge is 0.396 e. The number of benzene rings is 1. The Morgan fingerprint density at radius 1 is 1.18 bits per heavy atom. The fourth-order valence-corrected chi connectivity index (χ4v) is 4.55. The predicted octanol–water partition coefficient (Wildman–Crippen LogP) is 2.92. The highest BCUT2D eigenvalue weighted by Crippen LogP contribution is 2.64. The van der Waals surface area contributed by atoms with Gasteiger partial charge >= 0.3 is 6.18 Å². The molecule has 3 heterocycles. The van der Waals surface area contributed by atoms with Gasteiger partial charge in [0.15, 0.2) is 0 Å². The average molecular weight is 459 g/mol. The molecule has 174 valence electrons. The van der Waals surface area contributed by atoms with E-state index in [1.807, 2.05) is 6.07 Å². The van der Waals surface area contributed by atoms with Crippen LogP contribution in [0.3, 0.4) is 0 Å². The quantitative estimate of drug-likeness (QED) is 0.609. The number of hydrogen-bond donors (Lipinski definition) is 2. The molecular weight excluding hydrogens is 435 g/mol. The summed E-state index contributed by atoms with van der Waals surface area (Å²) in [6.07, 6.45) is -1.61. The molecule has 0 radical (unpaired) electrons. The van der Waals surface area contributed by atoms with Gasteiger partial charge in [-0.15, -0.1) is 5.10 Å². The summed E-state index contributed by atoms with van der Waals surface area (Å²) in [6.45, 7) is 1.35. The van der Waals surface area contributed by atoms with Crippen LogP contribution >= 0.6 is 0 Å². The normalized spacial score (nSPS) is 19.4. The number of aryl methyl sites for hydroxylation is 1. The molecule has 5 rings (SSSR count). The molecule has 2 aromatic heterocycles. The summed E-state index contributed by atoms with van der Waals surface area (Å²) in [6, 6.07) is 5.68. The molecule has 1 aliphatic heterocycles. The fourth-order valence-electron chi connectivity index (χ4n) is 4.55. The van der Waals surface area contributed by atoms with E-state index in [4.69, 9.17) is 0 Å². The number of amides is 1. The molecule has 1 aromatic carbocycles. The Morgan fingerprint density at radius 3 is 2.58 bits per heavy atom. The summed E-state index contributed by atoms with van der Waals surface area (Å²) < 4.78 is 43.9. The van der Waals surface area contributed by atoms with Gasteiger partial charge < -0.3 is 10.6 Å². The first-order valence-electron chi connectivity index (χ1n) is 11.0. The number of fused-ring (bicyclic) bond motifs is 1. The first-order chi connectivity index (χ1) is 15.8. The highest BCUT2D eigenvalue weighted by molar-refractivity contribution is 5.84. The van der Waals surface area contributed by atoms with Crippen molar-refractivity contribution in [2.45, 2.75) is 37.9 Å². The second kappa shape index (κ2) is 8.05. The van der Waals surface area contributed by atoms with Crippen LogP contribution in [0.5, 0.6) is 0 Å². The smallest absolute Gasteiger partial charge is 0.346 e. The van der Waals surface area contributed by atoms with E-state index in [0.29, 0.717) is 42.5 Å². The van der Waals surface area contributed by atoms with E-state index in [2.05, 4.69) is 31.1 Å². The Bertz CT molecular complexity index is 1180. The third kappa shape index (κ3) is 4.05. The third-order valence-corrected chi connectivity index (χ3v) is 6.70. The molecule has 11 heteroatoms. The molecule has 3 aromatic rings. The Kier molecular flexibility index (Phi) is 5.31. The van der Waals surface area contributed by atoms with Crippen molar-refractivity contribution in [3.05, 3.63) is 36.2 Å². The van der Waals surface area contributed by atoms with Gasteiger partial charge in [0.1, 0.15) is 5.69 Å². The molecule has 2 N–H and O–H groups in total. The molecule has 1 atom stereocenters. The maximum Gasteiger partial charge on any atom is 0.396 e. The Labute approximate surface area is 187 Å². The van der Waals surface area contributed by atoms with Crippen molar-refractivity contribution in [1.29, 1.82) is 0 Å². The monoisotopic (exact) mass is 459 g/mol. The van der Waals surface area contributed by atoms with Crippen LogP contribution in [-0.4, -0.2) is 50.4 Å². The Balaban J connectivity index is 1.52. The third-order valence-electron chi connectivity index (χ3n) is 6.70. The zero-order valence-electron chi connectivity index (χ0n) is 18.1. The van der Waals surface area contributed by atoms with Crippen LogP contribution in [0.25, 0.3) is 22.2 Å². The molecule has 1 amide bonds. The van der Waals surface area contributed by atoms with Crippen molar-refractivity contribution in [3.8, 4) is 11.3 Å². The summed E-state index contributed by atoms with van der Waals surface area (Å²) in [5.74, 6) is -0.665. The predicted molar refractivity (Wildman–Crippen MR) is 114 cm³/mol. The van der Waals surface area contributed by atoms with Crippen LogP contribution in [0.1, 0.15) is 37.4 Å². The number of carbonyl (C=O) groups is 1. The molecule has 1 unspecified atom stereocenters. The number of alkyl halides is 3. The Hall–Kier alpha value is -3.08. The topological polar surface area (TPSA) is 97.6 Å². The molecule has 1 aliphatic carbocycles. The second-order valence-electron chi connectivity index (χ2n) is 8.94. The van der Waals surface area contributed by atoms with Crippen molar-refractivity contribution >= 4 is 16.8 Å². The van der Waals surface area contributed by atoms with Crippen molar-refractivity contribution in [3.63, 3.8) is 0 Å². The summed E-state index contributed by atoms with van der Waals surface area (Å²) in [5, 5.41) is 22.8. The minimum Gasteiger partial charge on any atom is -0.346 e. The molecule has 1 saturated heterocycles. The number of aromatic nitrogens is 5. The van der Waals surface area contributed by atoms with E-state index >= 15 is 0 Å². The fraction of sp³-hybridized carbons (Fsp3) is 0.500. The zero-order chi connectivity index (χ0) is 23.2. The summed E-state index contributed by atoms with van der Waals surface area (Å²) >= 11 is 0. The standard InChI is InChI=1S/C22H24F3N7O/c1-32-12-18(30-31-32)14-2-3-16-15(10-14)11-17(29-28-16)19(21(6-7-21)22(23,24)25)27-20(33)13-4-8-26-9-5-13/h2-3,10-13,19,26H,4-9H2,1H3,(H,27,33). The van der Waals surface area contributed by atoms with Gasteiger partial charge in [-0.25, -0.2) is 0 Å². The van der Waals surface area contributed by atoms with Gasteiger partial charge in [-0.1, -0.05) is 11.3 Å². The van der Waals surface area contributed by atoms with Crippen LogP contribution in [-0.2, 0) is 11.8 Å². The van der Waals surface area contributed by atoms with Gasteiger partial charge in [-0.2, -0.15) is 23.4 Å². The summed E-state index contributed by atoms with van der Waals surface area (Å²) in [5.41, 5.74) is 0.0624. The number of nitrogens with zero attached hydrogens (tertiary/aromatic N) is 5. The molecular formula is C22H24F3N7O. The van der Waals surface area contributed by atoms with E-state index in [-0.39, 0.29) is 30.4 Å². The van der Waals surface area contributed by atoms with E-state index in [0.717, 1.165) is 5.56 Å². The number of piperidine rings is 1. The Morgan fingerprint density at radius 2 is 1.94 bits per heavy atom. The molecule has 2 fully saturated rings. The van der Waals surface area contributed by atoms with Crippen LogP contribution in [0.2, 0.25) is 0 Å². The number of halogens is 3. The molecule has 0 spiro atoms. The van der Waals surface area contributed by atoms with Gasteiger partial charge in [0.2, 0.25) is 5.91 Å². The van der Waals surface area contributed by atoms with Gasteiger partial charge in [0.05, 0.1) is 28.9 Å². The maximum absolute atomic E-state index is 14.1. The highest BCUT2D eigenvalue weighted by atomic mass is 19.4. The van der Waals surface area contributed by atoms with Gasteiger partial charge in [-0.05, 0) is 57.0 Å². The van der Waals surface area contributed by atoms with Crippen LogP contribution < -0.4 is 10.6 Å². The van der Waals surface area contributed by atoms with Crippen LogP contribution in [0.4, 0.5) is 13.2 Å². The zero-order valence-corrected chi connectivity index (χ0v) is 18.1. The number of carbonyl (C=O) groups excluding carboxylic acids is 1. The van der Waals surface area contributed by atoms with E-state index in [1.165, 1.54) is 0 Å². The van der Waals surface area contributed by atoms with Crippen LogP contribution in [0.15, 0.2) is 30.5 Å². The number of rotatable bonds is 5. The number of nitrogens with one attached hydrogen (secondary N) is 2. The molecule has 8 nitrogen and oxygen atoms in total. The van der Waals surface area contributed by atoms with Gasteiger partial charge in [0, 0.05) is 23.9 Å². The second-order valence-corrected chi connectivity index (χ2v) is 8.94. The lowest BCUT2D eigenvalue weighted by molar-refractivity contribution is -0.197. The maximum atomic E-state index is 14.1. The minimum absolute atomic E-state index is 0.0486. The van der Waals surface area contributed by atoms with E-state index in [9.17, 15) is 18.0 Å². The van der Waals surface area contributed by atoms with Crippen molar-refractivity contribution in [1.82, 2.24) is 35.8 Å². The first-order valence-corrected chi connectivity index (χ1v) is 11.0. The highest BCUT2D eigenvalue weighted by Gasteiger charge is 2.68. The van der Waals surface area contributed by atoms with Crippen molar-refractivity contribution < 1.29 is 18.0 Å². The lowest BCUT2D eigenvalue weighted by Crippen LogP contribution is -2.45. The van der Waals surface area contributed by atoms with Gasteiger partial charge in [0.25, 0.3) is 0 Å². The number of hydrogen-bond acceptors (Lipinski definition) is 6.